The number of carbonyl (C=O) groups is 1. The summed E-state index contributed by atoms with van der Waals surface area (Å²) in [6, 6.07) is 8.75. The van der Waals surface area contributed by atoms with Gasteiger partial charge >= 0.3 is 0 Å². The molecule has 3 aliphatic heterocycles. The summed E-state index contributed by atoms with van der Waals surface area (Å²) in [6.45, 7) is 1.97. The molecule has 5 N–H and O–H groups in total. The molecule has 1 fully saturated rings. The third-order valence-corrected chi connectivity index (χ3v) is 4.98. The third kappa shape index (κ3) is 2.30. The molecule has 6 heteroatoms. The third-order valence-electron chi connectivity index (χ3n) is 4.98. The van der Waals surface area contributed by atoms with Crippen LogP contribution in [0.1, 0.15) is 24.3 Å². The number of benzene rings is 1. The number of amides is 1. The molecule has 0 radical (unpaired) electrons. The molecule has 0 aromatic heterocycles. The number of rotatable bonds is 3. The minimum Gasteiger partial charge on any atom is -0.383 e. The number of carbonyl (C=O) groups excluding carboxylic acids is 1. The fourth-order valence-electron chi connectivity index (χ4n) is 3.90. The van der Waals surface area contributed by atoms with Gasteiger partial charge in [-0.05, 0) is 31.0 Å². The lowest BCUT2D eigenvalue weighted by molar-refractivity contribution is -0.114. The van der Waals surface area contributed by atoms with Gasteiger partial charge in [-0.25, -0.2) is 4.99 Å². The van der Waals surface area contributed by atoms with E-state index in [1.165, 1.54) is 24.1 Å². The largest absolute Gasteiger partial charge is 0.383 e. The zero-order valence-electron chi connectivity index (χ0n) is 12.9. The number of primary amides is 1. The van der Waals surface area contributed by atoms with Gasteiger partial charge in [0.05, 0.1) is 5.57 Å². The highest BCUT2D eigenvalue weighted by Gasteiger charge is 2.41. The number of anilines is 1. The highest BCUT2D eigenvalue weighted by molar-refractivity contribution is 6.20. The maximum Gasteiger partial charge on any atom is 0.252 e. The number of nitrogens with zero attached hydrogens (tertiary/aromatic N) is 2. The number of para-hydroxylation sites is 1. The molecule has 3 heterocycles. The number of fused-ring (bicyclic) bond motifs is 3. The van der Waals surface area contributed by atoms with Crippen molar-refractivity contribution in [1.29, 1.82) is 0 Å². The normalized spacial score (nSPS) is 28.9. The van der Waals surface area contributed by atoms with Gasteiger partial charge < -0.3 is 21.7 Å². The summed E-state index contributed by atoms with van der Waals surface area (Å²) in [4.78, 5) is 18.5. The molecule has 23 heavy (non-hydrogen) atoms. The minimum absolute atomic E-state index is 0.0300. The number of aliphatic imine (C=N–C) groups is 1. The summed E-state index contributed by atoms with van der Waals surface area (Å²) in [7, 11) is 0. The van der Waals surface area contributed by atoms with Crippen LogP contribution in [0.25, 0.3) is 0 Å². The van der Waals surface area contributed by atoms with Crippen molar-refractivity contribution in [3.05, 3.63) is 41.5 Å². The van der Waals surface area contributed by atoms with Gasteiger partial charge in [-0.2, -0.15) is 0 Å². The van der Waals surface area contributed by atoms with Crippen molar-refractivity contribution >= 4 is 17.4 Å². The van der Waals surface area contributed by atoms with Gasteiger partial charge in [-0.3, -0.25) is 4.79 Å². The van der Waals surface area contributed by atoms with E-state index >= 15 is 0 Å². The van der Waals surface area contributed by atoms with E-state index in [9.17, 15) is 4.79 Å². The van der Waals surface area contributed by atoms with Crippen LogP contribution in [0.3, 0.4) is 0 Å². The number of hydrogen-bond donors (Lipinski definition) is 3. The van der Waals surface area contributed by atoms with Crippen LogP contribution in [0.15, 0.2) is 40.9 Å². The Morgan fingerprint density at radius 3 is 2.96 bits per heavy atom. The molecular formula is C17H21N5O. The van der Waals surface area contributed by atoms with Crippen LogP contribution in [0.5, 0.6) is 0 Å². The van der Waals surface area contributed by atoms with Crippen molar-refractivity contribution < 1.29 is 4.79 Å². The van der Waals surface area contributed by atoms with Crippen LogP contribution in [0.4, 0.5) is 5.69 Å². The van der Waals surface area contributed by atoms with Crippen LogP contribution in [-0.2, 0) is 4.79 Å². The lowest BCUT2D eigenvalue weighted by Crippen LogP contribution is -2.44. The molecule has 0 spiro atoms. The Kier molecular flexibility index (Phi) is 3.34. The molecule has 1 saturated heterocycles. The van der Waals surface area contributed by atoms with Gasteiger partial charge in [-0.1, -0.05) is 24.3 Å². The second-order valence-electron chi connectivity index (χ2n) is 6.40. The fourth-order valence-corrected chi connectivity index (χ4v) is 3.90. The number of nitrogens with one attached hydrogen (secondary N) is 1. The first-order valence-corrected chi connectivity index (χ1v) is 8.09. The SMILES string of the molecule is NC(=O)C1=CC2c3ccccc3N(CC3CCCN3)C2N=C1N. The Morgan fingerprint density at radius 1 is 1.39 bits per heavy atom. The quantitative estimate of drug-likeness (QED) is 0.755. The maximum atomic E-state index is 11.6. The van der Waals surface area contributed by atoms with Crippen molar-refractivity contribution in [3.8, 4) is 0 Å². The summed E-state index contributed by atoms with van der Waals surface area (Å²) in [5, 5.41) is 3.54. The average Bonchev–Trinajstić information content (AvgIpc) is 3.14. The van der Waals surface area contributed by atoms with E-state index in [1.807, 2.05) is 18.2 Å². The molecule has 0 bridgehead atoms. The Balaban J connectivity index is 1.73. The molecule has 0 aliphatic carbocycles. The van der Waals surface area contributed by atoms with Gasteiger partial charge in [0.1, 0.15) is 12.0 Å². The second-order valence-corrected chi connectivity index (χ2v) is 6.40. The van der Waals surface area contributed by atoms with Crippen LogP contribution >= 0.6 is 0 Å². The maximum absolute atomic E-state index is 11.6. The summed E-state index contributed by atoms with van der Waals surface area (Å²) in [5.41, 5.74) is 14.1. The van der Waals surface area contributed by atoms with Crippen LogP contribution in [-0.4, -0.2) is 37.0 Å². The lowest BCUT2D eigenvalue weighted by Gasteiger charge is -2.31. The van der Waals surface area contributed by atoms with E-state index in [4.69, 9.17) is 11.5 Å². The second kappa shape index (κ2) is 5.38. The molecule has 1 amide bonds. The predicted octanol–water partition coefficient (Wildman–Crippen LogP) is 0.451. The van der Waals surface area contributed by atoms with Crippen LogP contribution < -0.4 is 21.7 Å². The summed E-state index contributed by atoms with van der Waals surface area (Å²) >= 11 is 0. The molecule has 3 atom stereocenters. The number of amidine groups is 1. The molecule has 4 rings (SSSR count). The van der Waals surface area contributed by atoms with Crippen LogP contribution in [0.2, 0.25) is 0 Å². The van der Waals surface area contributed by atoms with Crippen molar-refractivity contribution in [2.75, 3.05) is 18.0 Å². The smallest absolute Gasteiger partial charge is 0.252 e. The Morgan fingerprint density at radius 2 is 2.22 bits per heavy atom. The number of hydrogen-bond acceptors (Lipinski definition) is 5. The van der Waals surface area contributed by atoms with Crippen LogP contribution in [0, 0.1) is 0 Å². The zero-order chi connectivity index (χ0) is 16.0. The lowest BCUT2D eigenvalue weighted by atomic mass is 9.93. The van der Waals surface area contributed by atoms with E-state index in [-0.39, 0.29) is 17.9 Å². The number of dihydropyridines is 1. The number of nitrogens with two attached hydrogens (primary N) is 2. The Hall–Kier alpha value is -2.34. The summed E-state index contributed by atoms with van der Waals surface area (Å²) in [5.74, 6) is -0.239. The van der Waals surface area contributed by atoms with Crippen molar-refractivity contribution in [1.82, 2.24) is 5.32 Å². The summed E-state index contributed by atoms with van der Waals surface area (Å²) in [6.07, 6.45) is 4.19. The van der Waals surface area contributed by atoms with Gasteiger partial charge in [0.25, 0.3) is 5.91 Å². The van der Waals surface area contributed by atoms with E-state index in [2.05, 4.69) is 27.3 Å². The van der Waals surface area contributed by atoms with Gasteiger partial charge in [0.2, 0.25) is 0 Å². The van der Waals surface area contributed by atoms with E-state index in [0.29, 0.717) is 11.6 Å². The molecule has 1 aromatic carbocycles. The van der Waals surface area contributed by atoms with Crippen molar-refractivity contribution in [2.45, 2.75) is 31.0 Å². The van der Waals surface area contributed by atoms with E-state index in [1.54, 1.807) is 0 Å². The Labute approximate surface area is 135 Å². The van der Waals surface area contributed by atoms with Gasteiger partial charge in [0.15, 0.2) is 0 Å². The zero-order valence-corrected chi connectivity index (χ0v) is 12.9. The molecular weight excluding hydrogens is 290 g/mol. The van der Waals surface area contributed by atoms with Gasteiger partial charge in [-0.15, -0.1) is 0 Å². The fraction of sp³-hybridized carbons (Fsp3) is 0.412. The molecule has 3 aliphatic rings. The summed E-state index contributed by atoms with van der Waals surface area (Å²) < 4.78 is 0. The highest BCUT2D eigenvalue weighted by atomic mass is 16.1. The van der Waals surface area contributed by atoms with Gasteiger partial charge in [0, 0.05) is 24.2 Å². The standard InChI is InChI=1S/C17H21N5O/c18-15-13(16(19)23)8-12-11-5-1-2-6-14(11)22(17(12)21-15)9-10-4-3-7-20-10/h1-2,5-6,8,10,12,17,20H,3-4,7,9H2,(H2,18,21)(H2,19,23). The monoisotopic (exact) mass is 311 g/mol. The minimum atomic E-state index is -0.516. The predicted molar refractivity (Wildman–Crippen MR) is 90.2 cm³/mol. The molecule has 0 saturated carbocycles. The molecule has 6 nitrogen and oxygen atoms in total. The first-order chi connectivity index (χ1) is 11.1. The molecule has 120 valence electrons. The Bertz CT molecular complexity index is 705. The average molecular weight is 311 g/mol. The highest BCUT2D eigenvalue weighted by Crippen LogP contribution is 2.44. The molecule has 3 unspecified atom stereocenters. The van der Waals surface area contributed by atoms with E-state index in [0.717, 1.165) is 13.1 Å². The topological polar surface area (TPSA) is 96.7 Å². The van der Waals surface area contributed by atoms with Crippen molar-refractivity contribution in [2.24, 2.45) is 16.5 Å². The first-order valence-electron chi connectivity index (χ1n) is 8.09. The van der Waals surface area contributed by atoms with E-state index < -0.39 is 5.91 Å². The van der Waals surface area contributed by atoms with Crippen molar-refractivity contribution in [3.63, 3.8) is 0 Å². The first kappa shape index (κ1) is 14.3. The molecule has 1 aromatic rings.